The van der Waals surface area contributed by atoms with Crippen LogP contribution in [0.25, 0.3) is 10.9 Å². The Morgan fingerprint density at radius 3 is 3.07 bits per heavy atom. The molecule has 0 spiro atoms. The molecule has 2 N–H and O–H groups in total. The van der Waals surface area contributed by atoms with Crippen molar-refractivity contribution in [1.82, 2.24) is 9.78 Å². The summed E-state index contributed by atoms with van der Waals surface area (Å²) in [4.78, 5) is 4.60. The van der Waals surface area contributed by atoms with E-state index in [0.717, 1.165) is 21.9 Å². The second-order valence-corrected chi connectivity index (χ2v) is 4.10. The van der Waals surface area contributed by atoms with Crippen molar-refractivity contribution in [3.63, 3.8) is 0 Å². The van der Waals surface area contributed by atoms with Gasteiger partial charge in [-0.25, -0.2) is 5.90 Å². The van der Waals surface area contributed by atoms with Gasteiger partial charge < -0.3 is 4.84 Å². The molecule has 1 heterocycles. The number of aryl methyl sites for hydroxylation is 1. The first kappa shape index (κ1) is 10.6. The van der Waals surface area contributed by atoms with Gasteiger partial charge in [-0.3, -0.25) is 4.68 Å². The number of halogens is 1. The molecule has 0 saturated heterocycles. The molecule has 0 atom stereocenters. The molecule has 2 aromatic rings. The van der Waals surface area contributed by atoms with Gasteiger partial charge in [-0.2, -0.15) is 5.10 Å². The van der Waals surface area contributed by atoms with Gasteiger partial charge in [0.2, 0.25) is 0 Å². The highest BCUT2D eigenvalue weighted by atomic mass is 79.9. The first-order chi connectivity index (χ1) is 7.24. The van der Waals surface area contributed by atoms with Crippen LogP contribution in [0.4, 0.5) is 0 Å². The van der Waals surface area contributed by atoms with Crippen LogP contribution in [0.2, 0.25) is 0 Å². The number of hydrogen-bond donors (Lipinski definition) is 1. The summed E-state index contributed by atoms with van der Waals surface area (Å²) in [5.74, 6) is 5.03. The van der Waals surface area contributed by atoms with E-state index in [1.165, 1.54) is 5.56 Å². The van der Waals surface area contributed by atoms with Crippen LogP contribution in [0.1, 0.15) is 5.56 Å². The van der Waals surface area contributed by atoms with Crippen molar-refractivity contribution >= 4 is 26.8 Å². The Morgan fingerprint density at radius 2 is 2.33 bits per heavy atom. The van der Waals surface area contributed by atoms with Gasteiger partial charge >= 0.3 is 0 Å². The smallest absolute Gasteiger partial charge is 0.135 e. The number of nitrogens with two attached hydrogens (primary N) is 1. The molecule has 1 aromatic carbocycles. The van der Waals surface area contributed by atoms with Crippen molar-refractivity contribution in [2.24, 2.45) is 12.9 Å². The predicted molar refractivity (Wildman–Crippen MR) is 62.3 cm³/mol. The van der Waals surface area contributed by atoms with Gasteiger partial charge in [0.1, 0.15) is 4.60 Å². The topological polar surface area (TPSA) is 53.1 Å². The fourth-order valence-electron chi connectivity index (χ4n) is 1.75. The van der Waals surface area contributed by atoms with Crippen molar-refractivity contribution in [3.8, 4) is 0 Å². The van der Waals surface area contributed by atoms with Crippen LogP contribution >= 0.6 is 15.9 Å². The number of nitrogens with zero attached hydrogens (tertiary/aromatic N) is 2. The first-order valence-electron chi connectivity index (χ1n) is 4.66. The molecule has 0 unspecified atom stereocenters. The molecule has 2 rings (SSSR count). The first-order valence-corrected chi connectivity index (χ1v) is 5.45. The minimum absolute atomic E-state index is 0.516. The van der Waals surface area contributed by atoms with E-state index in [1.54, 1.807) is 0 Å². The van der Waals surface area contributed by atoms with Gasteiger partial charge in [-0.15, -0.1) is 0 Å². The molecule has 0 bridgehead atoms. The van der Waals surface area contributed by atoms with Crippen molar-refractivity contribution in [2.75, 3.05) is 6.61 Å². The minimum Gasteiger partial charge on any atom is -0.304 e. The fourth-order valence-corrected chi connectivity index (χ4v) is 2.30. The highest BCUT2D eigenvalue weighted by Gasteiger charge is 2.09. The monoisotopic (exact) mass is 269 g/mol. The molecule has 80 valence electrons. The van der Waals surface area contributed by atoms with Gasteiger partial charge in [0.25, 0.3) is 0 Å². The number of aromatic nitrogens is 2. The summed E-state index contributed by atoms with van der Waals surface area (Å²) in [6, 6.07) is 6.12. The predicted octanol–water partition coefficient (Wildman–Crippen LogP) is 1.77. The van der Waals surface area contributed by atoms with Crippen LogP contribution < -0.4 is 5.90 Å². The quantitative estimate of drug-likeness (QED) is 0.865. The summed E-state index contributed by atoms with van der Waals surface area (Å²) >= 11 is 3.43. The zero-order valence-electron chi connectivity index (χ0n) is 8.40. The van der Waals surface area contributed by atoms with E-state index in [0.29, 0.717) is 6.61 Å². The standard InChI is InChI=1S/C10H12BrN3O/c1-14-9-7(5-6-15-12)3-2-4-8(9)10(11)13-14/h2-4H,5-6,12H2,1H3. The molecular weight excluding hydrogens is 258 g/mol. The average molecular weight is 270 g/mol. The van der Waals surface area contributed by atoms with Gasteiger partial charge in [0.15, 0.2) is 0 Å². The summed E-state index contributed by atoms with van der Waals surface area (Å²) in [5.41, 5.74) is 2.32. The molecule has 0 radical (unpaired) electrons. The van der Waals surface area contributed by atoms with Crippen molar-refractivity contribution < 1.29 is 4.84 Å². The lowest BCUT2D eigenvalue weighted by molar-refractivity contribution is 0.141. The summed E-state index contributed by atoms with van der Waals surface area (Å²) in [6.07, 6.45) is 0.791. The van der Waals surface area contributed by atoms with Crippen LogP contribution in [-0.4, -0.2) is 16.4 Å². The Balaban J connectivity index is 2.54. The summed E-state index contributed by atoms with van der Waals surface area (Å²) in [7, 11) is 1.93. The number of benzene rings is 1. The second kappa shape index (κ2) is 4.30. The molecule has 4 nitrogen and oxygen atoms in total. The number of rotatable bonds is 3. The molecule has 15 heavy (non-hydrogen) atoms. The Kier molecular flexibility index (Phi) is 3.04. The van der Waals surface area contributed by atoms with E-state index in [9.17, 15) is 0 Å². The van der Waals surface area contributed by atoms with Crippen molar-refractivity contribution in [1.29, 1.82) is 0 Å². The largest absolute Gasteiger partial charge is 0.304 e. The lowest BCUT2D eigenvalue weighted by atomic mass is 10.1. The van der Waals surface area contributed by atoms with E-state index in [1.807, 2.05) is 23.9 Å². The van der Waals surface area contributed by atoms with Crippen LogP contribution in [-0.2, 0) is 18.3 Å². The normalized spacial score (nSPS) is 11.1. The van der Waals surface area contributed by atoms with Crippen LogP contribution in [0.5, 0.6) is 0 Å². The maximum absolute atomic E-state index is 5.03. The third-order valence-electron chi connectivity index (χ3n) is 2.39. The van der Waals surface area contributed by atoms with Gasteiger partial charge in [-0.1, -0.05) is 18.2 Å². The van der Waals surface area contributed by atoms with E-state index >= 15 is 0 Å². The minimum atomic E-state index is 0.516. The molecule has 0 aliphatic rings. The molecular formula is C10H12BrN3O. The van der Waals surface area contributed by atoms with Crippen LogP contribution in [0.3, 0.4) is 0 Å². The fraction of sp³-hybridized carbons (Fsp3) is 0.300. The van der Waals surface area contributed by atoms with E-state index < -0.39 is 0 Å². The zero-order chi connectivity index (χ0) is 10.8. The summed E-state index contributed by atoms with van der Waals surface area (Å²) in [5, 5.41) is 5.44. The molecule has 5 heteroatoms. The number of fused-ring (bicyclic) bond motifs is 1. The molecule has 0 fully saturated rings. The lowest BCUT2D eigenvalue weighted by Gasteiger charge is -2.03. The second-order valence-electron chi connectivity index (χ2n) is 3.35. The van der Waals surface area contributed by atoms with Gasteiger partial charge in [0.05, 0.1) is 12.1 Å². The van der Waals surface area contributed by atoms with E-state index in [2.05, 4.69) is 31.9 Å². The Hall–Kier alpha value is -0.910. The number of para-hydroxylation sites is 1. The van der Waals surface area contributed by atoms with Crippen molar-refractivity contribution in [3.05, 3.63) is 28.4 Å². The molecule has 0 aliphatic carbocycles. The average Bonchev–Trinajstić information content (AvgIpc) is 2.53. The third kappa shape index (κ3) is 1.90. The lowest BCUT2D eigenvalue weighted by Crippen LogP contribution is -2.05. The molecule has 0 saturated carbocycles. The Labute approximate surface area is 96.1 Å². The third-order valence-corrected chi connectivity index (χ3v) is 2.98. The molecule has 0 aliphatic heterocycles. The zero-order valence-corrected chi connectivity index (χ0v) is 9.99. The van der Waals surface area contributed by atoms with Crippen molar-refractivity contribution in [2.45, 2.75) is 6.42 Å². The van der Waals surface area contributed by atoms with Crippen LogP contribution in [0.15, 0.2) is 22.8 Å². The maximum Gasteiger partial charge on any atom is 0.135 e. The summed E-state index contributed by atoms with van der Waals surface area (Å²) in [6.45, 7) is 0.516. The Bertz CT molecular complexity index is 481. The molecule has 0 amide bonds. The Morgan fingerprint density at radius 1 is 1.53 bits per heavy atom. The number of hydrogen-bond acceptors (Lipinski definition) is 3. The van der Waals surface area contributed by atoms with E-state index in [-0.39, 0.29) is 0 Å². The van der Waals surface area contributed by atoms with Gasteiger partial charge in [0, 0.05) is 12.4 Å². The highest BCUT2D eigenvalue weighted by Crippen LogP contribution is 2.25. The summed E-state index contributed by atoms with van der Waals surface area (Å²) < 4.78 is 2.74. The maximum atomic E-state index is 5.03. The van der Waals surface area contributed by atoms with Gasteiger partial charge in [-0.05, 0) is 27.9 Å². The molecule has 1 aromatic heterocycles. The highest BCUT2D eigenvalue weighted by molar-refractivity contribution is 9.10. The van der Waals surface area contributed by atoms with Crippen LogP contribution in [0, 0.1) is 0 Å². The SMILES string of the molecule is Cn1nc(Br)c2cccc(CCON)c21. The van der Waals surface area contributed by atoms with E-state index in [4.69, 9.17) is 5.90 Å².